The molecule has 1 atom stereocenters. The number of aryl methyl sites for hydroxylation is 2. The Hall–Kier alpha value is -1.92. The van der Waals surface area contributed by atoms with Crippen LogP contribution in [0.1, 0.15) is 29.4 Å². The lowest BCUT2D eigenvalue weighted by Crippen LogP contribution is -2.34. The van der Waals surface area contributed by atoms with E-state index in [2.05, 4.69) is 10.1 Å². The summed E-state index contributed by atoms with van der Waals surface area (Å²) in [7, 11) is 0. The molecule has 1 unspecified atom stereocenters. The number of halogens is 2. The van der Waals surface area contributed by atoms with Crippen LogP contribution in [0.5, 0.6) is 5.75 Å². The van der Waals surface area contributed by atoms with Crippen molar-refractivity contribution >= 4 is 0 Å². The van der Waals surface area contributed by atoms with Gasteiger partial charge in [0.15, 0.2) is 0 Å². The first kappa shape index (κ1) is 17.4. The molecule has 0 aliphatic carbocycles. The van der Waals surface area contributed by atoms with E-state index in [0.29, 0.717) is 30.0 Å². The zero-order valence-corrected chi connectivity index (χ0v) is 13.4. The number of ether oxygens (including phenoxy) is 1. The van der Waals surface area contributed by atoms with Gasteiger partial charge in [-0.25, -0.2) is 0 Å². The number of nitrogens with one attached hydrogen (secondary N) is 1. The highest BCUT2D eigenvalue weighted by Gasteiger charge is 2.25. The molecule has 0 saturated heterocycles. The largest absolute Gasteiger partial charge is 0.466 e. The Morgan fingerprint density at radius 2 is 1.96 bits per heavy atom. The molecule has 6 heteroatoms. The van der Waals surface area contributed by atoms with Gasteiger partial charge in [-0.3, -0.25) is 0 Å². The molecule has 4 nitrogen and oxygen atoms in total. The van der Waals surface area contributed by atoms with Crippen molar-refractivity contribution in [3.05, 3.63) is 53.0 Å². The van der Waals surface area contributed by atoms with Crippen LogP contribution in [0.2, 0.25) is 0 Å². The molecule has 2 N–H and O–H groups in total. The average Bonchev–Trinajstić information content (AvgIpc) is 2.97. The van der Waals surface area contributed by atoms with Gasteiger partial charge in [-0.05, 0) is 49.6 Å². The third-order valence-electron chi connectivity index (χ3n) is 3.58. The van der Waals surface area contributed by atoms with Crippen LogP contribution in [0, 0.1) is 13.8 Å². The minimum absolute atomic E-state index is 0.214. The number of furan rings is 1. The second-order valence-corrected chi connectivity index (χ2v) is 5.79. The van der Waals surface area contributed by atoms with Crippen molar-refractivity contribution in [3.8, 4) is 5.75 Å². The standard InChI is InChI=1S/C17H21F2NO3/c1-11-7-13(8-12(2)15(11)23-16(18)19)9-20-10-17(3,21)14-5-4-6-22-14/h4-8,16,20-21H,9-10H2,1-3H3. The first-order chi connectivity index (χ1) is 10.8. The monoisotopic (exact) mass is 325 g/mol. The Morgan fingerprint density at radius 1 is 1.30 bits per heavy atom. The predicted molar refractivity (Wildman–Crippen MR) is 82.5 cm³/mol. The summed E-state index contributed by atoms with van der Waals surface area (Å²) in [5.74, 6) is 0.698. The highest BCUT2D eigenvalue weighted by Crippen LogP contribution is 2.26. The first-order valence-electron chi connectivity index (χ1n) is 7.31. The topological polar surface area (TPSA) is 54.6 Å². The van der Waals surface area contributed by atoms with Crippen LogP contribution in [0.3, 0.4) is 0 Å². The number of hydrogen-bond donors (Lipinski definition) is 2. The summed E-state index contributed by atoms with van der Waals surface area (Å²) in [6, 6.07) is 7.02. The highest BCUT2D eigenvalue weighted by molar-refractivity contribution is 5.43. The van der Waals surface area contributed by atoms with E-state index in [1.165, 1.54) is 6.26 Å². The third kappa shape index (κ3) is 4.53. The normalized spacial score (nSPS) is 14.0. The van der Waals surface area contributed by atoms with E-state index in [9.17, 15) is 13.9 Å². The van der Waals surface area contributed by atoms with E-state index in [4.69, 9.17) is 4.42 Å². The van der Waals surface area contributed by atoms with Gasteiger partial charge in [-0.2, -0.15) is 8.78 Å². The number of aliphatic hydroxyl groups is 1. The number of hydrogen-bond acceptors (Lipinski definition) is 4. The summed E-state index contributed by atoms with van der Waals surface area (Å²) in [6.07, 6.45) is 1.51. The van der Waals surface area contributed by atoms with Crippen LogP contribution in [0.25, 0.3) is 0 Å². The van der Waals surface area contributed by atoms with Crippen molar-refractivity contribution < 1.29 is 23.0 Å². The number of alkyl halides is 2. The fourth-order valence-corrected chi connectivity index (χ4v) is 2.54. The lowest BCUT2D eigenvalue weighted by atomic mass is 10.0. The molecule has 0 saturated carbocycles. The highest BCUT2D eigenvalue weighted by atomic mass is 19.3. The van der Waals surface area contributed by atoms with E-state index in [1.54, 1.807) is 45.0 Å². The molecule has 2 aromatic rings. The van der Waals surface area contributed by atoms with E-state index in [-0.39, 0.29) is 5.75 Å². The van der Waals surface area contributed by atoms with Gasteiger partial charge in [-0.1, -0.05) is 12.1 Å². The predicted octanol–water partition coefficient (Wildman–Crippen LogP) is 3.50. The Kier molecular flexibility index (Phi) is 5.38. The third-order valence-corrected chi connectivity index (χ3v) is 3.58. The van der Waals surface area contributed by atoms with Crippen LogP contribution >= 0.6 is 0 Å². The van der Waals surface area contributed by atoms with Gasteiger partial charge in [-0.15, -0.1) is 0 Å². The molecule has 2 rings (SSSR count). The van der Waals surface area contributed by atoms with Crippen LogP contribution in [0.15, 0.2) is 34.9 Å². The van der Waals surface area contributed by atoms with Gasteiger partial charge in [0.2, 0.25) is 0 Å². The van der Waals surface area contributed by atoms with Gasteiger partial charge >= 0.3 is 6.61 Å². The fraction of sp³-hybridized carbons (Fsp3) is 0.412. The Balaban J connectivity index is 1.99. The van der Waals surface area contributed by atoms with Crippen molar-refractivity contribution in [2.75, 3.05) is 6.54 Å². The van der Waals surface area contributed by atoms with Crippen LogP contribution < -0.4 is 10.1 Å². The molecule has 0 bridgehead atoms. The maximum absolute atomic E-state index is 12.4. The summed E-state index contributed by atoms with van der Waals surface area (Å²) in [6.45, 7) is 3.08. The summed E-state index contributed by atoms with van der Waals surface area (Å²) in [4.78, 5) is 0. The Labute approximate surface area is 134 Å². The SMILES string of the molecule is Cc1cc(CNCC(C)(O)c2ccco2)cc(C)c1OC(F)F. The van der Waals surface area contributed by atoms with E-state index < -0.39 is 12.2 Å². The number of rotatable bonds is 7. The zero-order chi connectivity index (χ0) is 17.0. The molecule has 126 valence electrons. The molecule has 0 aliphatic heterocycles. The van der Waals surface area contributed by atoms with Crippen LogP contribution in [-0.2, 0) is 12.1 Å². The van der Waals surface area contributed by atoms with Crippen molar-refractivity contribution in [1.82, 2.24) is 5.32 Å². The summed E-state index contributed by atoms with van der Waals surface area (Å²) >= 11 is 0. The van der Waals surface area contributed by atoms with Crippen LogP contribution in [0.4, 0.5) is 8.78 Å². The molecule has 1 aromatic heterocycles. The molecule has 1 aromatic carbocycles. The molecular weight excluding hydrogens is 304 g/mol. The summed E-state index contributed by atoms with van der Waals surface area (Å²) in [5.41, 5.74) is 1.11. The summed E-state index contributed by atoms with van der Waals surface area (Å²) < 4.78 is 34.5. The van der Waals surface area contributed by atoms with Gasteiger partial charge in [0.05, 0.1) is 6.26 Å². The van der Waals surface area contributed by atoms with Gasteiger partial charge in [0.1, 0.15) is 17.1 Å². The molecule has 0 spiro atoms. The minimum Gasteiger partial charge on any atom is -0.466 e. The first-order valence-corrected chi connectivity index (χ1v) is 7.31. The Morgan fingerprint density at radius 3 is 2.48 bits per heavy atom. The van der Waals surface area contributed by atoms with Crippen molar-refractivity contribution in [3.63, 3.8) is 0 Å². The van der Waals surface area contributed by atoms with Crippen molar-refractivity contribution in [1.29, 1.82) is 0 Å². The van der Waals surface area contributed by atoms with Crippen molar-refractivity contribution in [2.45, 2.75) is 39.5 Å². The van der Waals surface area contributed by atoms with Crippen LogP contribution in [-0.4, -0.2) is 18.3 Å². The van der Waals surface area contributed by atoms with Gasteiger partial charge in [0.25, 0.3) is 0 Å². The quantitative estimate of drug-likeness (QED) is 0.818. The lowest BCUT2D eigenvalue weighted by molar-refractivity contribution is -0.0507. The average molecular weight is 325 g/mol. The zero-order valence-electron chi connectivity index (χ0n) is 13.4. The number of benzene rings is 1. The van der Waals surface area contributed by atoms with Crippen molar-refractivity contribution in [2.24, 2.45) is 0 Å². The second-order valence-electron chi connectivity index (χ2n) is 5.79. The smallest absolute Gasteiger partial charge is 0.387 e. The fourth-order valence-electron chi connectivity index (χ4n) is 2.54. The van der Waals surface area contributed by atoms with Gasteiger partial charge in [0, 0.05) is 13.1 Å². The lowest BCUT2D eigenvalue weighted by Gasteiger charge is -2.21. The van der Waals surface area contributed by atoms with E-state index >= 15 is 0 Å². The molecular formula is C17H21F2NO3. The molecule has 0 aliphatic rings. The molecule has 0 fully saturated rings. The molecule has 1 heterocycles. The Bertz CT molecular complexity index is 616. The maximum Gasteiger partial charge on any atom is 0.387 e. The maximum atomic E-state index is 12.4. The van der Waals surface area contributed by atoms with E-state index in [0.717, 1.165) is 5.56 Å². The minimum atomic E-state index is -2.83. The molecule has 0 radical (unpaired) electrons. The summed E-state index contributed by atoms with van der Waals surface area (Å²) in [5, 5.41) is 13.5. The molecule has 0 amide bonds. The van der Waals surface area contributed by atoms with E-state index in [1.807, 2.05) is 0 Å². The second kappa shape index (κ2) is 7.10. The molecule has 23 heavy (non-hydrogen) atoms. The van der Waals surface area contributed by atoms with Gasteiger partial charge < -0.3 is 19.6 Å².